The van der Waals surface area contributed by atoms with Gasteiger partial charge in [-0.25, -0.2) is 0 Å². The second-order valence-electron chi connectivity index (χ2n) is 5.22. The van der Waals surface area contributed by atoms with E-state index in [1.807, 2.05) is 18.3 Å². The molecule has 0 unspecified atom stereocenters. The van der Waals surface area contributed by atoms with Crippen molar-refractivity contribution in [3.63, 3.8) is 0 Å². The van der Waals surface area contributed by atoms with E-state index in [2.05, 4.69) is 28.1 Å². The van der Waals surface area contributed by atoms with Crippen LogP contribution in [0.2, 0.25) is 0 Å². The zero-order chi connectivity index (χ0) is 13.2. The van der Waals surface area contributed by atoms with Crippen LogP contribution >= 0.6 is 0 Å². The summed E-state index contributed by atoms with van der Waals surface area (Å²) in [6.45, 7) is 3.62. The smallest absolute Gasteiger partial charge is 0.133 e. The van der Waals surface area contributed by atoms with Gasteiger partial charge in [0.05, 0.1) is 5.52 Å². The average Bonchev–Trinajstić information content (AvgIpc) is 2.47. The molecule has 98 valence electrons. The Balaban J connectivity index is 1.88. The van der Waals surface area contributed by atoms with E-state index < -0.39 is 0 Å². The number of Topliss-reactive ketones (excluding diaryl/α,β-unsaturated/α-hetero) is 1. The van der Waals surface area contributed by atoms with Gasteiger partial charge in [0.2, 0.25) is 0 Å². The van der Waals surface area contributed by atoms with Crippen LogP contribution in [0.25, 0.3) is 10.9 Å². The van der Waals surface area contributed by atoms with Gasteiger partial charge < -0.3 is 4.90 Å². The highest BCUT2D eigenvalue weighted by Gasteiger charge is 2.23. The van der Waals surface area contributed by atoms with Crippen molar-refractivity contribution >= 4 is 22.4 Å². The van der Waals surface area contributed by atoms with Gasteiger partial charge >= 0.3 is 0 Å². The van der Waals surface area contributed by atoms with Crippen LogP contribution in [0.15, 0.2) is 36.5 Å². The molecule has 3 heteroatoms. The molecule has 0 atom stereocenters. The van der Waals surface area contributed by atoms with Gasteiger partial charge in [-0.05, 0) is 31.9 Å². The molecule has 2 aromatic rings. The van der Waals surface area contributed by atoms with Crippen molar-refractivity contribution in [1.82, 2.24) is 4.98 Å². The van der Waals surface area contributed by atoms with E-state index in [9.17, 15) is 4.79 Å². The van der Waals surface area contributed by atoms with E-state index in [0.717, 1.165) is 31.4 Å². The second kappa shape index (κ2) is 5.00. The van der Waals surface area contributed by atoms with Crippen LogP contribution in [-0.2, 0) is 4.79 Å². The predicted molar refractivity (Wildman–Crippen MR) is 77.4 cm³/mol. The number of aromatic nitrogens is 1. The van der Waals surface area contributed by atoms with Crippen LogP contribution in [0.5, 0.6) is 0 Å². The minimum atomic E-state index is 0.254. The maximum Gasteiger partial charge on any atom is 0.133 e. The molecule has 1 aliphatic heterocycles. The van der Waals surface area contributed by atoms with Gasteiger partial charge in [0.25, 0.3) is 0 Å². The number of carbonyl (C=O) groups excluding carboxylic acids is 1. The molecule has 1 fully saturated rings. The Morgan fingerprint density at radius 3 is 2.68 bits per heavy atom. The number of pyridine rings is 1. The number of fused-ring (bicyclic) bond motifs is 1. The summed E-state index contributed by atoms with van der Waals surface area (Å²) in [5.74, 6) is 0.587. The molecule has 3 nitrogen and oxygen atoms in total. The Hall–Kier alpha value is -1.90. The minimum Gasteiger partial charge on any atom is -0.371 e. The lowest BCUT2D eigenvalue weighted by atomic mass is 9.93. The normalized spacial score (nSPS) is 16.8. The summed E-state index contributed by atoms with van der Waals surface area (Å²) in [4.78, 5) is 18.2. The Kier molecular flexibility index (Phi) is 3.20. The monoisotopic (exact) mass is 254 g/mol. The SMILES string of the molecule is CC(=O)C1CCN(c2ccnc3ccccc23)CC1. The lowest BCUT2D eigenvalue weighted by molar-refractivity contribution is -0.121. The van der Waals surface area contributed by atoms with Crippen LogP contribution in [0, 0.1) is 5.92 Å². The zero-order valence-electron chi connectivity index (χ0n) is 11.2. The van der Waals surface area contributed by atoms with Gasteiger partial charge in [0, 0.05) is 36.3 Å². The van der Waals surface area contributed by atoms with Crippen molar-refractivity contribution in [2.45, 2.75) is 19.8 Å². The van der Waals surface area contributed by atoms with Crippen molar-refractivity contribution in [3.8, 4) is 0 Å². The first-order valence-corrected chi connectivity index (χ1v) is 6.85. The number of carbonyl (C=O) groups is 1. The number of ketones is 1. The fourth-order valence-electron chi connectivity index (χ4n) is 2.88. The van der Waals surface area contributed by atoms with Gasteiger partial charge in [-0.1, -0.05) is 18.2 Å². The van der Waals surface area contributed by atoms with E-state index in [4.69, 9.17) is 0 Å². The van der Waals surface area contributed by atoms with Gasteiger partial charge in [0.1, 0.15) is 5.78 Å². The first-order chi connectivity index (χ1) is 9.25. The molecule has 0 radical (unpaired) electrons. The first-order valence-electron chi connectivity index (χ1n) is 6.85. The van der Waals surface area contributed by atoms with E-state index in [1.165, 1.54) is 11.1 Å². The molecule has 1 aromatic carbocycles. The molecule has 1 saturated heterocycles. The van der Waals surface area contributed by atoms with Gasteiger partial charge in [-0.15, -0.1) is 0 Å². The highest BCUT2D eigenvalue weighted by molar-refractivity contribution is 5.91. The van der Waals surface area contributed by atoms with E-state index in [-0.39, 0.29) is 5.92 Å². The second-order valence-corrected chi connectivity index (χ2v) is 5.22. The summed E-state index contributed by atoms with van der Waals surface area (Å²) in [7, 11) is 0. The Bertz CT molecular complexity index is 595. The lowest BCUT2D eigenvalue weighted by Crippen LogP contribution is -2.35. The van der Waals surface area contributed by atoms with E-state index >= 15 is 0 Å². The summed E-state index contributed by atoms with van der Waals surface area (Å²) in [6, 6.07) is 10.3. The number of nitrogens with zero attached hydrogens (tertiary/aromatic N) is 2. The third-order valence-corrected chi connectivity index (χ3v) is 4.04. The van der Waals surface area contributed by atoms with Crippen LogP contribution in [-0.4, -0.2) is 23.9 Å². The number of rotatable bonds is 2. The Labute approximate surface area is 113 Å². The van der Waals surface area contributed by atoms with E-state index in [0.29, 0.717) is 5.78 Å². The number of para-hydroxylation sites is 1. The molecular weight excluding hydrogens is 236 g/mol. The molecule has 1 aliphatic rings. The molecule has 0 spiro atoms. The van der Waals surface area contributed by atoms with Crippen molar-refractivity contribution in [3.05, 3.63) is 36.5 Å². The summed E-state index contributed by atoms with van der Waals surface area (Å²) >= 11 is 0. The number of hydrogen-bond donors (Lipinski definition) is 0. The largest absolute Gasteiger partial charge is 0.371 e. The first kappa shape index (κ1) is 12.2. The van der Waals surface area contributed by atoms with Crippen molar-refractivity contribution in [2.24, 2.45) is 5.92 Å². The summed E-state index contributed by atoms with van der Waals surface area (Å²) in [5, 5.41) is 1.20. The quantitative estimate of drug-likeness (QED) is 0.826. The van der Waals surface area contributed by atoms with Crippen molar-refractivity contribution in [1.29, 1.82) is 0 Å². The standard InChI is InChI=1S/C16H18N2O/c1-12(19)13-7-10-18(11-8-13)16-6-9-17-15-5-3-2-4-14(15)16/h2-6,9,13H,7-8,10-11H2,1H3. The topological polar surface area (TPSA) is 33.2 Å². The minimum absolute atomic E-state index is 0.254. The highest BCUT2D eigenvalue weighted by atomic mass is 16.1. The Morgan fingerprint density at radius 2 is 1.95 bits per heavy atom. The molecular formula is C16H18N2O. The molecule has 0 saturated carbocycles. The van der Waals surface area contributed by atoms with Gasteiger partial charge in [-0.2, -0.15) is 0 Å². The molecule has 0 amide bonds. The maximum atomic E-state index is 11.4. The van der Waals surface area contributed by atoms with Crippen LogP contribution < -0.4 is 4.90 Å². The number of anilines is 1. The molecule has 0 bridgehead atoms. The molecule has 0 aliphatic carbocycles. The lowest BCUT2D eigenvalue weighted by Gasteiger charge is -2.33. The summed E-state index contributed by atoms with van der Waals surface area (Å²) in [6.07, 6.45) is 3.80. The van der Waals surface area contributed by atoms with Gasteiger partial charge in [0.15, 0.2) is 0 Å². The summed E-state index contributed by atoms with van der Waals surface area (Å²) in [5.41, 5.74) is 2.28. The highest BCUT2D eigenvalue weighted by Crippen LogP contribution is 2.29. The predicted octanol–water partition coefficient (Wildman–Crippen LogP) is 3.04. The Morgan fingerprint density at radius 1 is 1.21 bits per heavy atom. The molecule has 3 rings (SSSR count). The van der Waals surface area contributed by atoms with Crippen LogP contribution in [0.1, 0.15) is 19.8 Å². The average molecular weight is 254 g/mol. The number of benzene rings is 1. The fraction of sp³-hybridized carbons (Fsp3) is 0.375. The number of hydrogen-bond acceptors (Lipinski definition) is 3. The van der Waals surface area contributed by atoms with Crippen molar-refractivity contribution in [2.75, 3.05) is 18.0 Å². The van der Waals surface area contributed by atoms with Crippen LogP contribution in [0.4, 0.5) is 5.69 Å². The van der Waals surface area contributed by atoms with Crippen LogP contribution in [0.3, 0.4) is 0 Å². The maximum absolute atomic E-state index is 11.4. The van der Waals surface area contributed by atoms with Gasteiger partial charge in [-0.3, -0.25) is 9.78 Å². The number of piperidine rings is 1. The zero-order valence-corrected chi connectivity index (χ0v) is 11.2. The summed E-state index contributed by atoms with van der Waals surface area (Å²) < 4.78 is 0. The molecule has 19 heavy (non-hydrogen) atoms. The third kappa shape index (κ3) is 2.33. The molecule has 0 N–H and O–H groups in total. The fourth-order valence-corrected chi connectivity index (χ4v) is 2.88. The molecule has 1 aromatic heterocycles. The van der Waals surface area contributed by atoms with E-state index in [1.54, 1.807) is 6.92 Å². The third-order valence-electron chi connectivity index (χ3n) is 4.04. The molecule has 2 heterocycles. The van der Waals surface area contributed by atoms with Crippen molar-refractivity contribution < 1.29 is 4.79 Å².